The molecule has 1 aromatic rings. The molecule has 1 aromatic heterocycles. The highest BCUT2D eigenvalue weighted by Gasteiger charge is 2.23. The van der Waals surface area contributed by atoms with Crippen LogP contribution in [0.1, 0.15) is 49.8 Å². The van der Waals surface area contributed by atoms with Crippen LogP contribution in [-0.4, -0.2) is 23.0 Å². The number of nitrogens with one attached hydrogen (secondary N) is 1. The average Bonchev–Trinajstić information content (AvgIpc) is 2.34. The van der Waals surface area contributed by atoms with Crippen LogP contribution in [0.3, 0.4) is 0 Å². The van der Waals surface area contributed by atoms with Crippen LogP contribution in [-0.2, 0) is 0 Å². The van der Waals surface area contributed by atoms with Crippen LogP contribution in [0.15, 0.2) is 17.1 Å². The molecule has 0 radical (unpaired) electrons. The molecule has 2 heterocycles. The van der Waals surface area contributed by atoms with E-state index in [0.717, 1.165) is 12.1 Å². The SMILES string of the molecule is CCCN1CCCC[C@@H]1c1c[nH]c(=O)c(C)c1. The molecule has 0 aliphatic carbocycles. The smallest absolute Gasteiger partial charge is 0.250 e. The molecule has 1 atom stereocenters. The molecule has 1 fully saturated rings. The number of H-pyrrole nitrogens is 1. The lowest BCUT2D eigenvalue weighted by atomic mass is 9.95. The van der Waals surface area contributed by atoms with Gasteiger partial charge in [-0.15, -0.1) is 0 Å². The third-order valence-corrected chi connectivity index (χ3v) is 3.62. The van der Waals surface area contributed by atoms with E-state index in [4.69, 9.17) is 0 Å². The van der Waals surface area contributed by atoms with Crippen molar-refractivity contribution in [3.05, 3.63) is 33.7 Å². The maximum Gasteiger partial charge on any atom is 0.250 e. The second kappa shape index (κ2) is 5.50. The lowest BCUT2D eigenvalue weighted by molar-refractivity contribution is 0.148. The standard InChI is InChI=1S/C14H22N2O/c1-3-7-16-8-5-4-6-13(16)12-9-11(2)14(17)15-10-12/h9-10,13H,3-8H2,1-2H3,(H,15,17)/t13-/m1/s1. The third kappa shape index (κ3) is 2.78. The average molecular weight is 234 g/mol. The summed E-state index contributed by atoms with van der Waals surface area (Å²) in [7, 11) is 0. The molecule has 2 rings (SSSR count). The fourth-order valence-corrected chi connectivity index (χ4v) is 2.74. The van der Waals surface area contributed by atoms with Gasteiger partial charge in [0.25, 0.3) is 5.56 Å². The molecular weight excluding hydrogens is 212 g/mol. The van der Waals surface area contributed by atoms with E-state index in [2.05, 4.69) is 22.9 Å². The van der Waals surface area contributed by atoms with Crippen molar-refractivity contribution in [2.24, 2.45) is 0 Å². The zero-order valence-corrected chi connectivity index (χ0v) is 10.8. The Hall–Kier alpha value is -1.09. The molecule has 3 nitrogen and oxygen atoms in total. The fraction of sp³-hybridized carbons (Fsp3) is 0.643. The Kier molecular flexibility index (Phi) is 4.00. The first-order chi connectivity index (χ1) is 8.22. The number of piperidine rings is 1. The van der Waals surface area contributed by atoms with E-state index < -0.39 is 0 Å². The normalized spacial score (nSPS) is 21.6. The van der Waals surface area contributed by atoms with Crippen LogP contribution in [0.25, 0.3) is 0 Å². The summed E-state index contributed by atoms with van der Waals surface area (Å²) in [6.45, 7) is 6.46. The van der Waals surface area contributed by atoms with Gasteiger partial charge in [0, 0.05) is 17.8 Å². The highest BCUT2D eigenvalue weighted by Crippen LogP contribution is 2.30. The Bertz CT molecular complexity index is 422. The lowest BCUT2D eigenvalue weighted by Gasteiger charge is -2.35. The second-order valence-corrected chi connectivity index (χ2v) is 4.99. The fourth-order valence-electron chi connectivity index (χ4n) is 2.74. The van der Waals surface area contributed by atoms with Gasteiger partial charge in [-0.3, -0.25) is 9.69 Å². The molecule has 3 heteroatoms. The van der Waals surface area contributed by atoms with E-state index in [1.54, 1.807) is 0 Å². The Balaban J connectivity index is 2.23. The minimum absolute atomic E-state index is 0.0339. The molecule has 17 heavy (non-hydrogen) atoms. The molecule has 94 valence electrons. The van der Waals surface area contributed by atoms with Gasteiger partial charge in [0.05, 0.1) is 0 Å². The van der Waals surface area contributed by atoms with Gasteiger partial charge in [0.1, 0.15) is 0 Å². The maximum absolute atomic E-state index is 11.4. The molecule has 0 bridgehead atoms. The van der Waals surface area contributed by atoms with E-state index in [1.807, 2.05) is 13.1 Å². The molecule has 0 spiro atoms. The summed E-state index contributed by atoms with van der Waals surface area (Å²) in [4.78, 5) is 16.8. The zero-order chi connectivity index (χ0) is 12.3. The van der Waals surface area contributed by atoms with E-state index >= 15 is 0 Å². The van der Waals surface area contributed by atoms with Crippen LogP contribution < -0.4 is 5.56 Å². The van der Waals surface area contributed by atoms with Crippen LogP contribution >= 0.6 is 0 Å². The van der Waals surface area contributed by atoms with Crippen LogP contribution in [0, 0.1) is 6.92 Å². The lowest BCUT2D eigenvalue weighted by Crippen LogP contribution is -2.34. The van der Waals surface area contributed by atoms with Gasteiger partial charge in [-0.2, -0.15) is 0 Å². The van der Waals surface area contributed by atoms with Gasteiger partial charge in [0.15, 0.2) is 0 Å². The molecule has 1 saturated heterocycles. The molecule has 0 unspecified atom stereocenters. The van der Waals surface area contributed by atoms with Crippen molar-refractivity contribution in [2.45, 2.75) is 45.6 Å². The molecular formula is C14H22N2O. The van der Waals surface area contributed by atoms with Crippen LogP contribution in [0.2, 0.25) is 0 Å². The van der Waals surface area contributed by atoms with E-state index in [1.165, 1.54) is 37.8 Å². The highest BCUT2D eigenvalue weighted by atomic mass is 16.1. The van der Waals surface area contributed by atoms with Crippen molar-refractivity contribution in [2.75, 3.05) is 13.1 Å². The zero-order valence-electron chi connectivity index (χ0n) is 10.8. The van der Waals surface area contributed by atoms with Crippen LogP contribution in [0.5, 0.6) is 0 Å². The first-order valence-electron chi connectivity index (χ1n) is 6.65. The third-order valence-electron chi connectivity index (χ3n) is 3.62. The summed E-state index contributed by atoms with van der Waals surface area (Å²) in [6.07, 6.45) is 6.90. The van der Waals surface area contributed by atoms with Crippen molar-refractivity contribution >= 4 is 0 Å². The maximum atomic E-state index is 11.4. The molecule has 1 aliphatic rings. The molecule has 0 aromatic carbocycles. The predicted molar refractivity (Wildman–Crippen MR) is 70.3 cm³/mol. The number of pyridine rings is 1. The molecule has 0 saturated carbocycles. The second-order valence-electron chi connectivity index (χ2n) is 4.99. The van der Waals surface area contributed by atoms with E-state index in [0.29, 0.717) is 6.04 Å². The summed E-state index contributed by atoms with van der Waals surface area (Å²) in [5.74, 6) is 0. The summed E-state index contributed by atoms with van der Waals surface area (Å²) >= 11 is 0. The van der Waals surface area contributed by atoms with Gasteiger partial charge in [0.2, 0.25) is 0 Å². The summed E-state index contributed by atoms with van der Waals surface area (Å²) in [6, 6.07) is 2.55. The molecule has 1 aliphatic heterocycles. The number of nitrogens with zero attached hydrogens (tertiary/aromatic N) is 1. The Morgan fingerprint density at radius 2 is 2.29 bits per heavy atom. The Labute approximate surface area is 103 Å². The van der Waals surface area contributed by atoms with Crippen molar-refractivity contribution in [3.63, 3.8) is 0 Å². The molecule has 1 N–H and O–H groups in total. The van der Waals surface area contributed by atoms with Crippen LogP contribution in [0.4, 0.5) is 0 Å². The van der Waals surface area contributed by atoms with Gasteiger partial charge >= 0.3 is 0 Å². The van der Waals surface area contributed by atoms with Gasteiger partial charge in [-0.1, -0.05) is 13.3 Å². The minimum atomic E-state index is 0.0339. The Morgan fingerprint density at radius 3 is 3.00 bits per heavy atom. The monoisotopic (exact) mass is 234 g/mol. The Morgan fingerprint density at radius 1 is 1.47 bits per heavy atom. The summed E-state index contributed by atoms with van der Waals surface area (Å²) in [5, 5.41) is 0. The van der Waals surface area contributed by atoms with Crippen molar-refractivity contribution in [1.29, 1.82) is 0 Å². The number of hydrogen-bond donors (Lipinski definition) is 1. The van der Waals surface area contributed by atoms with Gasteiger partial charge < -0.3 is 4.98 Å². The number of likely N-dealkylation sites (tertiary alicyclic amines) is 1. The number of aryl methyl sites for hydroxylation is 1. The van der Waals surface area contributed by atoms with E-state index in [-0.39, 0.29) is 5.56 Å². The van der Waals surface area contributed by atoms with E-state index in [9.17, 15) is 4.79 Å². The number of rotatable bonds is 3. The topological polar surface area (TPSA) is 36.1 Å². The highest BCUT2D eigenvalue weighted by molar-refractivity contribution is 5.20. The van der Waals surface area contributed by atoms with Gasteiger partial charge in [-0.25, -0.2) is 0 Å². The first-order valence-corrected chi connectivity index (χ1v) is 6.65. The summed E-state index contributed by atoms with van der Waals surface area (Å²) < 4.78 is 0. The van der Waals surface area contributed by atoms with Crippen molar-refractivity contribution in [3.8, 4) is 0 Å². The number of aromatic nitrogens is 1. The quantitative estimate of drug-likeness (QED) is 0.872. The summed E-state index contributed by atoms with van der Waals surface area (Å²) in [5.41, 5.74) is 2.13. The first kappa shape index (κ1) is 12.4. The molecule has 0 amide bonds. The number of aromatic amines is 1. The van der Waals surface area contributed by atoms with Crippen molar-refractivity contribution < 1.29 is 0 Å². The number of hydrogen-bond acceptors (Lipinski definition) is 2. The predicted octanol–water partition coefficient (Wildman–Crippen LogP) is 2.62. The largest absolute Gasteiger partial charge is 0.329 e. The van der Waals surface area contributed by atoms with Crippen molar-refractivity contribution in [1.82, 2.24) is 9.88 Å². The minimum Gasteiger partial charge on any atom is -0.329 e. The van der Waals surface area contributed by atoms with Gasteiger partial charge in [-0.05, 0) is 50.9 Å².